The molecule has 1 heterocycles. The molecule has 1 aliphatic rings. The van der Waals surface area contributed by atoms with Crippen LogP contribution in [-0.4, -0.2) is 37.2 Å². The van der Waals surface area contributed by atoms with Gasteiger partial charge in [0.25, 0.3) is 5.91 Å². The molecule has 1 aliphatic heterocycles. The zero-order chi connectivity index (χ0) is 17.4. The maximum Gasteiger partial charge on any atom is 0.377 e. The van der Waals surface area contributed by atoms with E-state index in [2.05, 4.69) is 17.4 Å². The minimum atomic E-state index is -0.900. The number of hydrogen-bond donors (Lipinski definition) is 1. The van der Waals surface area contributed by atoms with Crippen LogP contribution in [-0.2, 0) is 30.2 Å². The lowest BCUT2D eigenvalue weighted by Crippen LogP contribution is -2.41. The van der Waals surface area contributed by atoms with Gasteiger partial charge in [0.1, 0.15) is 19.5 Å². The van der Waals surface area contributed by atoms with Gasteiger partial charge in [-0.2, -0.15) is 0 Å². The van der Waals surface area contributed by atoms with Crippen LogP contribution in [0.2, 0.25) is 0 Å². The molecule has 0 radical (unpaired) electrons. The fourth-order valence-electron chi connectivity index (χ4n) is 2.21. The summed E-state index contributed by atoms with van der Waals surface area (Å²) in [6, 6.07) is 10.0. The van der Waals surface area contributed by atoms with Gasteiger partial charge in [-0.3, -0.25) is 4.79 Å². The van der Waals surface area contributed by atoms with Gasteiger partial charge in [0.2, 0.25) is 5.76 Å². The molecule has 6 nitrogen and oxygen atoms in total. The van der Waals surface area contributed by atoms with E-state index in [1.807, 2.05) is 25.1 Å². The third kappa shape index (κ3) is 5.61. The zero-order valence-electron chi connectivity index (χ0n) is 14.0. The number of amides is 1. The number of esters is 1. The first-order valence-corrected chi connectivity index (χ1v) is 8.06. The fraction of sp³-hybridized carbons (Fsp3) is 0.444. The van der Waals surface area contributed by atoms with Crippen LogP contribution in [0.4, 0.5) is 0 Å². The van der Waals surface area contributed by atoms with Crippen molar-refractivity contribution in [1.82, 2.24) is 5.32 Å². The lowest BCUT2D eigenvalue weighted by molar-refractivity contribution is -0.155. The predicted molar refractivity (Wildman–Crippen MR) is 87.9 cm³/mol. The maximum atomic E-state index is 12.1. The quantitative estimate of drug-likeness (QED) is 0.772. The van der Waals surface area contributed by atoms with Gasteiger partial charge in [0.15, 0.2) is 6.10 Å². The molecule has 6 heteroatoms. The Hall–Kier alpha value is -2.50. The molecule has 0 bridgehead atoms. The third-order valence-corrected chi connectivity index (χ3v) is 3.60. The van der Waals surface area contributed by atoms with Crippen molar-refractivity contribution in [2.45, 2.75) is 38.8 Å². The molecule has 2 atom stereocenters. The van der Waals surface area contributed by atoms with E-state index in [0.29, 0.717) is 6.61 Å². The standard InChI is InChI=1S/C18H23NO5/c1-13(8-9-15-6-4-3-5-7-15)19-17(20)14(2)24-18(21)16-12-22-10-11-23-16/h3-7,12-14H,8-11H2,1-2H3,(H,19,20)/t13-,14+/m1/s1. The second kappa shape index (κ2) is 8.96. The van der Waals surface area contributed by atoms with Crippen molar-refractivity contribution in [3.63, 3.8) is 0 Å². The number of carbonyl (C=O) groups is 2. The Balaban J connectivity index is 1.74. The van der Waals surface area contributed by atoms with Crippen molar-refractivity contribution in [1.29, 1.82) is 0 Å². The normalized spacial score (nSPS) is 16.0. The van der Waals surface area contributed by atoms with Crippen LogP contribution >= 0.6 is 0 Å². The van der Waals surface area contributed by atoms with Crippen molar-refractivity contribution in [2.75, 3.05) is 13.2 Å². The second-order valence-corrected chi connectivity index (χ2v) is 5.68. The highest BCUT2D eigenvalue weighted by Crippen LogP contribution is 2.09. The molecular formula is C18H23NO5. The predicted octanol–water partition coefficient (Wildman–Crippen LogP) is 1.94. The number of aryl methyl sites for hydroxylation is 1. The summed E-state index contributed by atoms with van der Waals surface area (Å²) in [6.45, 7) is 4.14. The Labute approximate surface area is 141 Å². The molecule has 1 N–H and O–H groups in total. The van der Waals surface area contributed by atoms with Gasteiger partial charge in [-0.1, -0.05) is 30.3 Å². The summed E-state index contributed by atoms with van der Waals surface area (Å²) in [5.41, 5.74) is 1.22. The largest absolute Gasteiger partial charge is 0.493 e. The van der Waals surface area contributed by atoms with Gasteiger partial charge < -0.3 is 19.5 Å². The van der Waals surface area contributed by atoms with E-state index >= 15 is 0 Å². The van der Waals surface area contributed by atoms with Crippen LogP contribution in [0, 0.1) is 0 Å². The smallest absolute Gasteiger partial charge is 0.377 e. The lowest BCUT2D eigenvalue weighted by Gasteiger charge is -2.19. The summed E-state index contributed by atoms with van der Waals surface area (Å²) in [4.78, 5) is 23.9. The van der Waals surface area contributed by atoms with Crippen molar-refractivity contribution in [2.24, 2.45) is 0 Å². The molecule has 0 spiro atoms. The molecule has 0 saturated heterocycles. The number of rotatable bonds is 7. The highest BCUT2D eigenvalue weighted by atomic mass is 16.6. The Morgan fingerprint density at radius 3 is 2.62 bits per heavy atom. The Bertz CT molecular complexity index is 584. The zero-order valence-corrected chi connectivity index (χ0v) is 14.0. The van der Waals surface area contributed by atoms with Crippen molar-refractivity contribution in [3.05, 3.63) is 47.9 Å². The average molecular weight is 333 g/mol. The summed E-state index contributed by atoms with van der Waals surface area (Å²) in [6.07, 6.45) is 1.98. The number of carbonyl (C=O) groups excluding carboxylic acids is 2. The van der Waals surface area contributed by atoms with E-state index < -0.39 is 12.1 Å². The molecule has 2 rings (SSSR count). The van der Waals surface area contributed by atoms with E-state index in [9.17, 15) is 9.59 Å². The Morgan fingerprint density at radius 2 is 1.96 bits per heavy atom. The molecule has 1 aromatic carbocycles. The van der Waals surface area contributed by atoms with Crippen LogP contribution in [0.15, 0.2) is 42.4 Å². The Morgan fingerprint density at radius 1 is 1.21 bits per heavy atom. The summed E-state index contributed by atoms with van der Waals surface area (Å²) in [5.74, 6) is -1.05. The first kappa shape index (κ1) is 17.8. The van der Waals surface area contributed by atoms with Gasteiger partial charge in [0, 0.05) is 6.04 Å². The SMILES string of the molecule is C[C@H](CCc1ccccc1)NC(=O)[C@H](C)OC(=O)C1=COCCO1. The lowest BCUT2D eigenvalue weighted by atomic mass is 10.1. The van der Waals surface area contributed by atoms with Crippen molar-refractivity contribution < 1.29 is 23.8 Å². The minimum Gasteiger partial charge on any atom is -0.493 e. The summed E-state index contributed by atoms with van der Waals surface area (Å²) >= 11 is 0. The molecule has 0 aliphatic carbocycles. The molecular weight excluding hydrogens is 310 g/mol. The van der Waals surface area contributed by atoms with Gasteiger partial charge in [-0.25, -0.2) is 4.79 Å². The Kier molecular flexibility index (Phi) is 6.66. The van der Waals surface area contributed by atoms with Crippen LogP contribution < -0.4 is 5.32 Å². The minimum absolute atomic E-state index is 0.0157. The van der Waals surface area contributed by atoms with E-state index in [-0.39, 0.29) is 24.3 Å². The molecule has 0 saturated carbocycles. The van der Waals surface area contributed by atoms with E-state index in [1.165, 1.54) is 18.7 Å². The van der Waals surface area contributed by atoms with Crippen LogP contribution in [0.25, 0.3) is 0 Å². The van der Waals surface area contributed by atoms with Gasteiger partial charge >= 0.3 is 5.97 Å². The van der Waals surface area contributed by atoms with Gasteiger partial charge in [-0.05, 0) is 32.3 Å². The van der Waals surface area contributed by atoms with Crippen LogP contribution in [0.1, 0.15) is 25.8 Å². The molecule has 1 aromatic rings. The molecule has 0 aromatic heterocycles. The molecule has 24 heavy (non-hydrogen) atoms. The van der Waals surface area contributed by atoms with Gasteiger partial charge in [-0.15, -0.1) is 0 Å². The topological polar surface area (TPSA) is 73.9 Å². The highest BCUT2D eigenvalue weighted by molar-refractivity contribution is 5.89. The monoisotopic (exact) mass is 333 g/mol. The van der Waals surface area contributed by atoms with Crippen LogP contribution in [0.5, 0.6) is 0 Å². The fourth-order valence-corrected chi connectivity index (χ4v) is 2.21. The van der Waals surface area contributed by atoms with Gasteiger partial charge in [0.05, 0.1) is 0 Å². The maximum absolute atomic E-state index is 12.1. The van der Waals surface area contributed by atoms with Crippen LogP contribution in [0.3, 0.4) is 0 Å². The summed E-state index contributed by atoms with van der Waals surface area (Å²) < 4.78 is 15.2. The van der Waals surface area contributed by atoms with Crippen molar-refractivity contribution >= 4 is 11.9 Å². The van der Waals surface area contributed by atoms with E-state index in [4.69, 9.17) is 14.2 Å². The summed E-state index contributed by atoms with van der Waals surface area (Å²) in [5, 5.41) is 2.85. The second-order valence-electron chi connectivity index (χ2n) is 5.68. The molecule has 0 unspecified atom stereocenters. The number of nitrogens with one attached hydrogen (secondary N) is 1. The number of benzene rings is 1. The molecule has 0 fully saturated rings. The first-order chi connectivity index (χ1) is 11.6. The first-order valence-electron chi connectivity index (χ1n) is 8.06. The number of ether oxygens (including phenoxy) is 3. The van der Waals surface area contributed by atoms with E-state index in [1.54, 1.807) is 0 Å². The van der Waals surface area contributed by atoms with Crippen molar-refractivity contribution in [3.8, 4) is 0 Å². The average Bonchev–Trinajstić information content (AvgIpc) is 2.61. The molecule has 1 amide bonds. The third-order valence-electron chi connectivity index (χ3n) is 3.60. The highest BCUT2D eigenvalue weighted by Gasteiger charge is 2.23. The number of hydrogen-bond acceptors (Lipinski definition) is 5. The summed E-state index contributed by atoms with van der Waals surface area (Å²) in [7, 11) is 0. The van der Waals surface area contributed by atoms with E-state index in [0.717, 1.165) is 12.8 Å². The molecule has 130 valence electrons.